The van der Waals surface area contributed by atoms with Crippen LogP contribution in [0.25, 0.3) is 0 Å². The molecule has 4 heteroatoms. The van der Waals surface area contributed by atoms with Gasteiger partial charge in [0.1, 0.15) is 0 Å². The average Bonchev–Trinajstić information content (AvgIpc) is 2.34. The molecule has 0 fully saturated rings. The van der Waals surface area contributed by atoms with Crippen molar-refractivity contribution >= 4 is 11.6 Å². The van der Waals surface area contributed by atoms with Gasteiger partial charge in [0.25, 0.3) is 0 Å². The maximum Gasteiger partial charge on any atom is 0.0900 e. The van der Waals surface area contributed by atoms with Crippen molar-refractivity contribution in [2.75, 3.05) is 26.8 Å². The van der Waals surface area contributed by atoms with Gasteiger partial charge in [-0.3, -0.25) is 4.90 Å². The lowest BCUT2D eigenvalue weighted by Crippen LogP contribution is -2.32. The number of halogens is 1. The summed E-state index contributed by atoms with van der Waals surface area (Å²) in [5, 5.41) is 10.6. The van der Waals surface area contributed by atoms with Gasteiger partial charge >= 0.3 is 0 Å². The summed E-state index contributed by atoms with van der Waals surface area (Å²) >= 11 is 5.94. The molecule has 1 aromatic carbocycles. The van der Waals surface area contributed by atoms with E-state index in [-0.39, 0.29) is 0 Å². The molecule has 108 valence electrons. The summed E-state index contributed by atoms with van der Waals surface area (Å²) in [5.41, 5.74) is 1.15. The average molecular weight is 286 g/mol. The Balaban J connectivity index is 2.24. The number of hydrogen-bond donors (Lipinski definition) is 1. The molecule has 3 nitrogen and oxygen atoms in total. The van der Waals surface area contributed by atoms with E-state index in [1.165, 1.54) is 0 Å². The quantitative estimate of drug-likeness (QED) is 0.708. The largest absolute Gasteiger partial charge is 0.389 e. The van der Waals surface area contributed by atoms with E-state index in [1.54, 1.807) is 0 Å². The minimum Gasteiger partial charge on any atom is -0.389 e. The molecule has 19 heavy (non-hydrogen) atoms. The van der Waals surface area contributed by atoms with Gasteiger partial charge in [-0.2, -0.15) is 0 Å². The molecule has 0 aromatic heterocycles. The fourth-order valence-corrected chi connectivity index (χ4v) is 2.10. The molecule has 0 saturated carbocycles. The number of nitrogens with zero attached hydrogens (tertiary/aromatic N) is 1. The van der Waals surface area contributed by atoms with Crippen molar-refractivity contribution in [3.63, 3.8) is 0 Å². The molecule has 0 saturated heterocycles. The van der Waals surface area contributed by atoms with Crippen LogP contribution in [0.5, 0.6) is 0 Å². The van der Waals surface area contributed by atoms with Gasteiger partial charge in [0.2, 0.25) is 0 Å². The van der Waals surface area contributed by atoms with E-state index in [0.717, 1.165) is 36.6 Å². The van der Waals surface area contributed by atoms with Crippen molar-refractivity contribution in [2.45, 2.75) is 32.4 Å². The van der Waals surface area contributed by atoms with E-state index >= 15 is 0 Å². The van der Waals surface area contributed by atoms with Gasteiger partial charge in [0.15, 0.2) is 0 Å². The third-order valence-corrected chi connectivity index (χ3v) is 3.05. The summed E-state index contributed by atoms with van der Waals surface area (Å²) in [4.78, 5) is 2.07. The van der Waals surface area contributed by atoms with Gasteiger partial charge in [-0.05, 0) is 31.2 Å². The lowest BCUT2D eigenvalue weighted by molar-refractivity contribution is 0.0188. The Labute approximate surface area is 121 Å². The number of rotatable bonds is 9. The standard InChI is InChI=1S/C15H24ClNO2/c1-3-4-8-19-12-15(18)11-17(2)10-13-6-5-7-14(16)9-13/h5-7,9,15,18H,3-4,8,10-12H2,1-2H3. The molecule has 1 rings (SSSR count). The first-order valence-corrected chi connectivity index (χ1v) is 7.18. The van der Waals surface area contributed by atoms with Crippen LogP contribution in [0.1, 0.15) is 25.3 Å². The third kappa shape index (κ3) is 7.53. The maximum atomic E-state index is 9.86. The van der Waals surface area contributed by atoms with Crippen molar-refractivity contribution < 1.29 is 9.84 Å². The van der Waals surface area contributed by atoms with Gasteiger partial charge in [-0.15, -0.1) is 0 Å². The molecule has 0 spiro atoms. The van der Waals surface area contributed by atoms with Gasteiger partial charge in [-0.1, -0.05) is 37.1 Å². The molecule has 0 heterocycles. The Morgan fingerprint density at radius 3 is 2.89 bits per heavy atom. The zero-order chi connectivity index (χ0) is 14.1. The lowest BCUT2D eigenvalue weighted by Gasteiger charge is -2.20. The highest BCUT2D eigenvalue weighted by Crippen LogP contribution is 2.12. The fraction of sp³-hybridized carbons (Fsp3) is 0.600. The van der Waals surface area contributed by atoms with Gasteiger partial charge < -0.3 is 9.84 Å². The molecular formula is C15H24ClNO2. The molecular weight excluding hydrogens is 262 g/mol. The van der Waals surface area contributed by atoms with E-state index < -0.39 is 6.10 Å². The Morgan fingerprint density at radius 2 is 2.21 bits per heavy atom. The normalized spacial score (nSPS) is 12.9. The molecule has 1 N–H and O–H groups in total. The lowest BCUT2D eigenvalue weighted by atomic mass is 10.2. The highest BCUT2D eigenvalue weighted by molar-refractivity contribution is 6.30. The number of unbranched alkanes of at least 4 members (excludes halogenated alkanes) is 1. The van der Waals surface area contributed by atoms with Crippen molar-refractivity contribution in [1.29, 1.82) is 0 Å². The second-order valence-electron chi connectivity index (χ2n) is 4.91. The van der Waals surface area contributed by atoms with E-state index in [2.05, 4.69) is 11.8 Å². The monoisotopic (exact) mass is 285 g/mol. The van der Waals surface area contributed by atoms with Crippen LogP contribution in [0.2, 0.25) is 5.02 Å². The van der Waals surface area contributed by atoms with Crippen molar-refractivity contribution in [3.8, 4) is 0 Å². The van der Waals surface area contributed by atoms with Crippen molar-refractivity contribution in [1.82, 2.24) is 4.90 Å². The number of ether oxygens (including phenoxy) is 1. The molecule has 0 amide bonds. The first-order valence-electron chi connectivity index (χ1n) is 6.80. The molecule has 1 aromatic rings. The summed E-state index contributed by atoms with van der Waals surface area (Å²) in [6.07, 6.45) is 1.72. The zero-order valence-corrected chi connectivity index (χ0v) is 12.6. The number of aliphatic hydroxyl groups is 1. The van der Waals surface area contributed by atoms with E-state index in [9.17, 15) is 5.11 Å². The van der Waals surface area contributed by atoms with Crippen LogP contribution >= 0.6 is 11.6 Å². The first-order chi connectivity index (χ1) is 9.11. The highest BCUT2D eigenvalue weighted by Gasteiger charge is 2.09. The molecule has 1 unspecified atom stereocenters. The second-order valence-corrected chi connectivity index (χ2v) is 5.35. The maximum absolute atomic E-state index is 9.86. The Bertz CT molecular complexity index is 360. The van der Waals surface area contributed by atoms with Crippen LogP contribution < -0.4 is 0 Å². The zero-order valence-electron chi connectivity index (χ0n) is 11.8. The summed E-state index contributed by atoms with van der Waals surface area (Å²) in [6, 6.07) is 7.78. The fourth-order valence-electron chi connectivity index (χ4n) is 1.89. The summed E-state index contributed by atoms with van der Waals surface area (Å²) in [6.45, 7) is 4.62. The van der Waals surface area contributed by atoms with Crippen LogP contribution in [0.4, 0.5) is 0 Å². The van der Waals surface area contributed by atoms with E-state index in [0.29, 0.717) is 13.2 Å². The molecule has 0 radical (unpaired) electrons. The number of hydrogen-bond acceptors (Lipinski definition) is 3. The van der Waals surface area contributed by atoms with Crippen LogP contribution in [-0.4, -0.2) is 42.9 Å². The van der Waals surface area contributed by atoms with Gasteiger partial charge in [0, 0.05) is 24.7 Å². The van der Waals surface area contributed by atoms with Gasteiger partial charge in [0.05, 0.1) is 12.7 Å². The SMILES string of the molecule is CCCCOCC(O)CN(C)Cc1cccc(Cl)c1. The van der Waals surface area contributed by atoms with E-state index in [1.807, 2.05) is 31.3 Å². The summed E-state index contributed by atoms with van der Waals surface area (Å²) < 4.78 is 5.41. The smallest absolute Gasteiger partial charge is 0.0900 e. The topological polar surface area (TPSA) is 32.7 Å². The molecule has 0 aliphatic heterocycles. The second kappa shape index (κ2) is 9.32. The Morgan fingerprint density at radius 1 is 1.42 bits per heavy atom. The predicted octanol–water partition coefficient (Wildman–Crippen LogP) is 2.95. The third-order valence-electron chi connectivity index (χ3n) is 2.82. The highest BCUT2D eigenvalue weighted by atomic mass is 35.5. The molecule has 1 atom stereocenters. The number of aliphatic hydroxyl groups excluding tert-OH is 1. The Kier molecular flexibility index (Phi) is 8.07. The van der Waals surface area contributed by atoms with Gasteiger partial charge in [-0.25, -0.2) is 0 Å². The van der Waals surface area contributed by atoms with E-state index in [4.69, 9.17) is 16.3 Å². The molecule has 0 aliphatic carbocycles. The molecule has 0 bridgehead atoms. The van der Waals surface area contributed by atoms with Crippen LogP contribution in [-0.2, 0) is 11.3 Å². The number of likely N-dealkylation sites (N-methyl/N-ethyl adjacent to an activating group) is 1. The Hall–Kier alpha value is -0.610. The summed E-state index contributed by atoms with van der Waals surface area (Å²) in [5.74, 6) is 0. The number of benzene rings is 1. The minimum atomic E-state index is -0.443. The van der Waals surface area contributed by atoms with Crippen molar-refractivity contribution in [3.05, 3.63) is 34.9 Å². The molecule has 0 aliphatic rings. The predicted molar refractivity (Wildman–Crippen MR) is 79.5 cm³/mol. The summed E-state index contributed by atoms with van der Waals surface area (Å²) in [7, 11) is 1.98. The minimum absolute atomic E-state index is 0.403. The van der Waals surface area contributed by atoms with Crippen LogP contribution in [0.15, 0.2) is 24.3 Å². The van der Waals surface area contributed by atoms with Crippen molar-refractivity contribution in [2.24, 2.45) is 0 Å². The van der Waals surface area contributed by atoms with Crippen LogP contribution in [0.3, 0.4) is 0 Å². The van der Waals surface area contributed by atoms with Crippen LogP contribution in [0, 0.1) is 0 Å². The first kappa shape index (κ1) is 16.4.